The summed E-state index contributed by atoms with van der Waals surface area (Å²) in [5.74, 6) is 0.0958. The Balaban J connectivity index is 2.09. The van der Waals surface area contributed by atoms with Crippen LogP contribution in [0.3, 0.4) is 0 Å². The van der Waals surface area contributed by atoms with Gasteiger partial charge in [0.15, 0.2) is 6.10 Å². The predicted molar refractivity (Wildman–Crippen MR) is 72.6 cm³/mol. The zero-order valence-corrected chi connectivity index (χ0v) is 11.5. The van der Waals surface area contributed by atoms with Gasteiger partial charge in [0.2, 0.25) is 0 Å². The predicted octanol–water partition coefficient (Wildman–Crippen LogP) is 1.60. The van der Waals surface area contributed by atoms with Crippen molar-refractivity contribution in [3.8, 4) is 0 Å². The molecule has 104 valence electrons. The van der Waals surface area contributed by atoms with Gasteiger partial charge >= 0.3 is 0 Å². The lowest BCUT2D eigenvalue weighted by molar-refractivity contribution is -0.146. The average molecular weight is 263 g/mol. The minimum Gasteiger partial charge on any atom is -0.393 e. The molecule has 1 aliphatic rings. The van der Waals surface area contributed by atoms with Gasteiger partial charge in [-0.15, -0.1) is 0 Å². The van der Waals surface area contributed by atoms with Crippen LogP contribution in [-0.4, -0.2) is 42.2 Å². The second-order valence-electron chi connectivity index (χ2n) is 5.14. The molecule has 1 amide bonds. The van der Waals surface area contributed by atoms with Gasteiger partial charge in [-0.05, 0) is 17.9 Å². The Kier molecular flexibility index (Phi) is 4.56. The fraction of sp³-hybridized carbons (Fsp3) is 0.533. The van der Waals surface area contributed by atoms with Crippen LogP contribution in [0.25, 0.3) is 0 Å². The number of benzene rings is 1. The molecule has 3 atom stereocenters. The molecule has 1 aromatic carbocycles. The van der Waals surface area contributed by atoms with Gasteiger partial charge < -0.3 is 14.7 Å². The number of nitrogens with zero attached hydrogens (tertiary/aromatic N) is 1. The average Bonchev–Trinajstić information content (AvgIpc) is 2.44. The number of likely N-dealkylation sites (tertiary alicyclic amines) is 1. The lowest BCUT2D eigenvalue weighted by Gasteiger charge is -2.36. The number of rotatable bonds is 3. The summed E-state index contributed by atoms with van der Waals surface area (Å²) in [6.45, 7) is 3.15. The number of piperidine rings is 1. The summed E-state index contributed by atoms with van der Waals surface area (Å²) in [7, 11) is 1.55. The van der Waals surface area contributed by atoms with Crippen molar-refractivity contribution < 1.29 is 14.6 Å². The maximum Gasteiger partial charge on any atom is 0.256 e. The van der Waals surface area contributed by atoms with E-state index in [-0.39, 0.29) is 17.9 Å². The summed E-state index contributed by atoms with van der Waals surface area (Å²) in [4.78, 5) is 14.3. The molecular formula is C15H21NO3. The van der Waals surface area contributed by atoms with Gasteiger partial charge in [-0.1, -0.05) is 37.3 Å². The number of aliphatic hydroxyl groups is 1. The molecule has 4 heteroatoms. The standard InChI is InChI=1S/C15H21NO3/c1-11-10-16(9-8-13(11)17)15(18)14(19-2)12-6-4-3-5-7-12/h3-7,11,13-14,17H,8-10H2,1-2H3. The molecule has 1 fully saturated rings. The summed E-state index contributed by atoms with van der Waals surface area (Å²) < 4.78 is 5.36. The number of carbonyl (C=O) groups is 1. The van der Waals surface area contributed by atoms with Crippen molar-refractivity contribution in [1.82, 2.24) is 4.90 Å². The van der Waals surface area contributed by atoms with Gasteiger partial charge in [-0.25, -0.2) is 0 Å². The molecule has 19 heavy (non-hydrogen) atoms. The van der Waals surface area contributed by atoms with E-state index in [9.17, 15) is 9.90 Å². The van der Waals surface area contributed by atoms with Crippen LogP contribution in [0, 0.1) is 5.92 Å². The molecule has 0 bridgehead atoms. The van der Waals surface area contributed by atoms with Crippen molar-refractivity contribution in [2.45, 2.75) is 25.6 Å². The quantitative estimate of drug-likeness (QED) is 0.901. The van der Waals surface area contributed by atoms with E-state index < -0.39 is 6.10 Å². The molecule has 0 spiro atoms. The molecule has 0 aromatic heterocycles. The fourth-order valence-corrected chi connectivity index (χ4v) is 2.51. The highest BCUT2D eigenvalue weighted by Gasteiger charge is 2.31. The lowest BCUT2D eigenvalue weighted by atomic mass is 9.96. The highest BCUT2D eigenvalue weighted by molar-refractivity contribution is 5.82. The second kappa shape index (κ2) is 6.17. The SMILES string of the molecule is COC(C(=O)N1CCC(O)C(C)C1)c1ccccc1. The largest absolute Gasteiger partial charge is 0.393 e. The molecule has 3 unspecified atom stereocenters. The molecule has 0 saturated carbocycles. The lowest BCUT2D eigenvalue weighted by Crippen LogP contribution is -2.46. The zero-order chi connectivity index (χ0) is 13.8. The van der Waals surface area contributed by atoms with Crippen LogP contribution in [0.2, 0.25) is 0 Å². The minimum atomic E-state index is -0.552. The van der Waals surface area contributed by atoms with E-state index in [0.29, 0.717) is 19.5 Å². The Morgan fingerprint density at radius 3 is 2.68 bits per heavy atom. The number of hydrogen-bond donors (Lipinski definition) is 1. The number of ether oxygens (including phenoxy) is 1. The van der Waals surface area contributed by atoms with Crippen molar-refractivity contribution in [3.05, 3.63) is 35.9 Å². The third kappa shape index (κ3) is 3.14. The van der Waals surface area contributed by atoms with Crippen LogP contribution >= 0.6 is 0 Å². The minimum absolute atomic E-state index is 0.0209. The van der Waals surface area contributed by atoms with Gasteiger partial charge in [-0.3, -0.25) is 4.79 Å². The van der Waals surface area contributed by atoms with E-state index in [0.717, 1.165) is 5.56 Å². The molecule has 1 aliphatic heterocycles. The van der Waals surface area contributed by atoms with Crippen LogP contribution in [0.15, 0.2) is 30.3 Å². The Morgan fingerprint density at radius 2 is 2.11 bits per heavy atom. The van der Waals surface area contributed by atoms with Crippen molar-refractivity contribution >= 4 is 5.91 Å². The molecule has 1 saturated heterocycles. The maximum absolute atomic E-state index is 12.5. The summed E-state index contributed by atoms with van der Waals surface area (Å²) in [6, 6.07) is 9.51. The number of hydrogen-bond acceptors (Lipinski definition) is 3. The monoisotopic (exact) mass is 263 g/mol. The van der Waals surface area contributed by atoms with Crippen LogP contribution < -0.4 is 0 Å². The van der Waals surface area contributed by atoms with E-state index in [1.807, 2.05) is 37.3 Å². The molecule has 0 radical (unpaired) electrons. The van der Waals surface area contributed by atoms with Crippen LogP contribution in [0.1, 0.15) is 25.0 Å². The molecule has 1 aromatic rings. The van der Waals surface area contributed by atoms with Crippen LogP contribution in [0.5, 0.6) is 0 Å². The van der Waals surface area contributed by atoms with Crippen LogP contribution in [-0.2, 0) is 9.53 Å². The van der Waals surface area contributed by atoms with E-state index in [4.69, 9.17) is 4.74 Å². The fourth-order valence-electron chi connectivity index (χ4n) is 2.51. The van der Waals surface area contributed by atoms with Crippen LogP contribution in [0.4, 0.5) is 0 Å². The molecule has 0 aliphatic carbocycles. The van der Waals surface area contributed by atoms with Gasteiger partial charge in [0.1, 0.15) is 0 Å². The van der Waals surface area contributed by atoms with Gasteiger partial charge in [0, 0.05) is 20.2 Å². The molecular weight excluding hydrogens is 242 g/mol. The molecule has 1 N–H and O–H groups in total. The third-order valence-electron chi connectivity index (χ3n) is 3.73. The summed E-state index contributed by atoms with van der Waals surface area (Å²) >= 11 is 0. The first kappa shape index (κ1) is 14.0. The number of carbonyl (C=O) groups excluding carboxylic acids is 1. The molecule has 1 heterocycles. The third-order valence-corrected chi connectivity index (χ3v) is 3.73. The molecule has 2 rings (SSSR count). The number of aliphatic hydroxyl groups excluding tert-OH is 1. The summed E-state index contributed by atoms with van der Waals surface area (Å²) in [6.07, 6.45) is -0.219. The van der Waals surface area contributed by atoms with Gasteiger partial charge in [0.25, 0.3) is 5.91 Å². The van der Waals surface area contributed by atoms with E-state index in [2.05, 4.69) is 0 Å². The Labute approximate surface area is 114 Å². The number of methoxy groups -OCH3 is 1. The first-order chi connectivity index (χ1) is 9.13. The van der Waals surface area contributed by atoms with E-state index >= 15 is 0 Å². The topological polar surface area (TPSA) is 49.8 Å². The summed E-state index contributed by atoms with van der Waals surface area (Å²) in [5.41, 5.74) is 0.869. The zero-order valence-electron chi connectivity index (χ0n) is 11.5. The Hall–Kier alpha value is -1.39. The smallest absolute Gasteiger partial charge is 0.256 e. The van der Waals surface area contributed by atoms with Crippen molar-refractivity contribution in [2.75, 3.05) is 20.2 Å². The first-order valence-electron chi connectivity index (χ1n) is 6.68. The van der Waals surface area contributed by atoms with Crippen molar-refractivity contribution in [2.24, 2.45) is 5.92 Å². The van der Waals surface area contributed by atoms with E-state index in [1.165, 1.54) is 0 Å². The highest BCUT2D eigenvalue weighted by Crippen LogP contribution is 2.23. The summed E-state index contributed by atoms with van der Waals surface area (Å²) in [5, 5.41) is 9.72. The van der Waals surface area contributed by atoms with Crippen molar-refractivity contribution in [1.29, 1.82) is 0 Å². The first-order valence-corrected chi connectivity index (χ1v) is 6.68. The highest BCUT2D eigenvalue weighted by atomic mass is 16.5. The number of amides is 1. The maximum atomic E-state index is 12.5. The van der Waals surface area contributed by atoms with E-state index in [1.54, 1.807) is 12.0 Å². The normalized spacial score (nSPS) is 25.1. The Bertz CT molecular complexity index is 421. The second-order valence-corrected chi connectivity index (χ2v) is 5.14. The molecule has 4 nitrogen and oxygen atoms in total. The van der Waals surface area contributed by atoms with Crippen molar-refractivity contribution in [3.63, 3.8) is 0 Å². The Morgan fingerprint density at radius 1 is 1.42 bits per heavy atom. The van der Waals surface area contributed by atoms with Gasteiger partial charge in [0.05, 0.1) is 6.10 Å². The van der Waals surface area contributed by atoms with Gasteiger partial charge in [-0.2, -0.15) is 0 Å².